The second-order valence-corrected chi connectivity index (χ2v) is 2.32. The van der Waals surface area contributed by atoms with Crippen LogP contribution in [-0.4, -0.2) is 33.0 Å². The molecule has 0 heterocycles. The van der Waals surface area contributed by atoms with E-state index in [2.05, 4.69) is 0 Å². The normalized spacial score (nSPS) is 35.6. The van der Waals surface area contributed by atoms with Crippen molar-refractivity contribution in [3.05, 3.63) is 24.3 Å². The second-order valence-electron chi connectivity index (χ2n) is 2.32. The molecule has 0 saturated heterocycles. The number of allylic oxidation sites excluding steroid dienone is 2. The topological polar surface area (TPSA) is 77.8 Å². The summed E-state index contributed by atoms with van der Waals surface area (Å²) in [6.07, 6.45) is 3.74. The molecule has 0 aromatic carbocycles. The van der Waals surface area contributed by atoms with Crippen molar-refractivity contribution in [2.75, 3.05) is 0 Å². The number of carboxylic acid groups (broad SMARTS) is 1. The molecule has 0 aliphatic heterocycles. The van der Waals surface area contributed by atoms with Crippen LogP contribution in [0.25, 0.3) is 0 Å². The van der Waals surface area contributed by atoms with E-state index in [1.54, 1.807) is 0 Å². The standard InChI is InChI=1S/C7H8O4/c8-5-3-1-2-4-7(5,11)6(9)10/h1-5,8,11H,(H,9,10)/t5-,7+/m0/s1. The third kappa shape index (κ3) is 1.18. The molecule has 0 aromatic heterocycles. The minimum absolute atomic E-state index is 1.04. The Bertz CT molecular complexity index is 231. The van der Waals surface area contributed by atoms with Crippen LogP contribution < -0.4 is 0 Å². The predicted molar refractivity (Wildman–Crippen MR) is 36.9 cm³/mol. The van der Waals surface area contributed by atoms with E-state index < -0.39 is 17.7 Å². The van der Waals surface area contributed by atoms with Gasteiger partial charge in [-0.25, -0.2) is 4.79 Å². The van der Waals surface area contributed by atoms with Crippen molar-refractivity contribution in [2.45, 2.75) is 11.7 Å². The summed E-state index contributed by atoms with van der Waals surface area (Å²) in [5.41, 5.74) is -2.16. The molecule has 11 heavy (non-hydrogen) atoms. The summed E-state index contributed by atoms with van der Waals surface area (Å²) >= 11 is 0. The molecule has 0 amide bonds. The van der Waals surface area contributed by atoms with Gasteiger partial charge < -0.3 is 15.3 Å². The second kappa shape index (κ2) is 2.48. The van der Waals surface area contributed by atoms with Crippen LogP contribution in [0.3, 0.4) is 0 Å². The summed E-state index contributed by atoms with van der Waals surface area (Å²) in [5.74, 6) is -1.45. The molecule has 1 aliphatic rings. The molecule has 2 atom stereocenters. The van der Waals surface area contributed by atoms with E-state index in [1.165, 1.54) is 18.2 Å². The fourth-order valence-corrected chi connectivity index (χ4v) is 0.815. The van der Waals surface area contributed by atoms with Gasteiger partial charge in [-0.1, -0.05) is 18.2 Å². The third-order valence-corrected chi connectivity index (χ3v) is 1.55. The molecule has 0 bridgehead atoms. The SMILES string of the molecule is O=C(O)[C@@]1(O)C=CC=C[C@@H]1O. The van der Waals surface area contributed by atoms with Gasteiger partial charge in [0.1, 0.15) is 6.10 Å². The highest BCUT2D eigenvalue weighted by Crippen LogP contribution is 2.17. The molecule has 0 fully saturated rings. The summed E-state index contributed by atoms with van der Waals surface area (Å²) in [7, 11) is 0. The van der Waals surface area contributed by atoms with Crippen LogP contribution in [0, 0.1) is 0 Å². The van der Waals surface area contributed by atoms with Crippen LogP contribution in [-0.2, 0) is 4.79 Å². The summed E-state index contributed by atoms with van der Waals surface area (Å²) < 4.78 is 0. The summed E-state index contributed by atoms with van der Waals surface area (Å²) in [5, 5.41) is 26.7. The minimum atomic E-state index is -2.16. The number of hydrogen-bond acceptors (Lipinski definition) is 3. The molecule has 0 saturated carbocycles. The molecule has 3 N–H and O–H groups in total. The molecule has 0 spiro atoms. The number of aliphatic carboxylic acids is 1. The molecule has 0 aromatic rings. The van der Waals surface area contributed by atoms with Crippen molar-refractivity contribution >= 4 is 5.97 Å². The zero-order valence-corrected chi connectivity index (χ0v) is 5.64. The molecular formula is C7H8O4. The van der Waals surface area contributed by atoms with Crippen molar-refractivity contribution < 1.29 is 20.1 Å². The van der Waals surface area contributed by atoms with Gasteiger partial charge in [0.25, 0.3) is 0 Å². The van der Waals surface area contributed by atoms with Crippen molar-refractivity contribution in [3.8, 4) is 0 Å². The average Bonchev–Trinajstić information content (AvgIpc) is 1.95. The molecule has 0 radical (unpaired) electrons. The summed E-state index contributed by atoms with van der Waals surface area (Å²) in [6, 6.07) is 0. The Kier molecular flexibility index (Phi) is 1.80. The fraction of sp³-hybridized carbons (Fsp3) is 0.286. The fourth-order valence-electron chi connectivity index (χ4n) is 0.815. The van der Waals surface area contributed by atoms with Crippen LogP contribution in [0.1, 0.15) is 0 Å². The lowest BCUT2D eigenvalue weighted by atomic mass is 9.93. The molecular weight excluding hydrogens is 148 g/mol. The molecule has 4 nitrogen and oxygen atoms in total. The third-order valence-electron chi connectivity index (χ3n) is 1.55. The number of aliphatic hydroxyl groups is 2. The molecule has 1 rings (SSSR count). The van der Waals surface area contributed by atoms with Gasteiger partial charge in [-0.2, -0.15) is 0 Å². The first kappa shape index (κ1) is 7.97. The van der Waals surface area contributed by atoms with Gasteiger partial charge in [-0.05, 0) is 6.08 Å². The quantitative estimate of drug-likeness (QED) is 0.468. The maximum atomic E-state index is 10.4. The van der Waals surface area contributed by atoms with E-state index in [0.717, 1.165) is 6.08 Å². The van der Waals surface area contributed by atoms with Gasteiger partial charge in [-0.15, -0.1) is 0 Å². The predicted octanol–water partition coefficient (Wildman–Crippen LogP) is -0.711. The Morgan fingerprint density at radius 1 is 1.45 bits per heavy atom. The Morgan fingerprint density at radius 2 is 2.09 bits per heavy atom. The van der Waals surface area contributed by atoms with Crippen LogP contribution in [0.2, 0.25) is 0 Å². The first-order valence-electron chi connectivity index (χ1n) is 3.07. The Balaban J connectivity index is 2.94. The van der Waals surface area contributed by atoms with Crippen LogP contribution in [0.15, 0.2) is 24.3 Å². The minimum Gasteiger partial charge on any atom is -0.479 e. The van der Waals surface area contributed by atoms with Crippen LogP contribution >= 0.6 is 0 Å². The molecule has 1 aliphatic carbocycles. The number of aliphatic hydroxyl groups excluding tert-OH is 1. The van der Waals surface area contributed by atoms with Crippen molar-refractivity contribution in [1.29, 1.82) is 0 Å². The number of hydrogen-bond donors (Lipinski definition) is 3. The zero-order valence-electron chi connectivity index (χ0n) is 5.64. The highest BCUT2D eigenvalue weighted by atomic mass is 16.4. The van der Waals surface area contributed by atoms with Gasteiger partial charge in [0.2, 0.25) is 5.60 Å². The van der Waals surface area contributed by atoms with E-state index in [4.69, 9.17) is 10.2 Å². The Labute approximate surface area is 63.1 Å². The molecule has 60 valence electrons. The molecule has 4 heteroatoms. The van der Waals surface area contributed by atoms with E-state index in [0.29, 0.717) is 0 Å². The smallest absolute Gasteiger partial charge is 0.342 e. The Morgan fingerprint density at radius 3 is 2.45 bits per heavy atom. The zero-order chi connectivity index (χ0) is 8.48. The lowest BCUT2D eigenvalue weighted by molar-refractivity contribution is -0.160. The van der Waals surface area contributed by atoms with Crippen molar-refractivity contribution in [1.82, 2.24) is 0 Å². The number of rotatable bonds is 1. The van der Waals surface area contributed by atoms with Crippen LogP contribution in [0.5, 0.6) is 0 Å². The van der Waals surface area contributed by atoms with Gasteiger partial charge in [0.05, 0.1) is 0 Å². The highest BCUT2D eigenvalue weighted by molar-refractivity contribution is 5.81. The van der Waals surface area contributed by atoms with E-state index in [-0.39, 0.29) is 0 Å². The largest absolute Gasteiger partial charge is 0.479 e. The van der Waals surface area contributed by atoms with E-state index >= 15 is 0 Å². The Hall–Kier alpha value is -1.13. The van der Waals surface area contributed by atoms with Gasteiger partial charge in [0, 0.05) is 0 Å². The molecule has 0 unspecified atom stereocenters. The van der Waals surface area contributed by atoms with E-state index in [1.807, 2.05) is 0 Å². The van der Waals surface area contributed by atoms with Gasteiger partial charge in [-0.3, -0.25) is 0 Å². The maximum absolute atomic E-state index is 10.4. The monoisotopic (exact) mass is 156 g/mol. The lowest BCUT2D eigenvalue weighted by Crippen LogP contribution is -2.47. The van der Waals surface area contributed by atoms with Gasteiger partial charge >= 0.3 is 5.97 Å². The first-order chi connectivity index (χ1) is 5.07. The van der Waals surface area contributed by atoms with Crippen LogP contribution in [0.4, 0.5) is 0 Å². The summed E-state index contributed by atoms with van der Waals surface area (Å²) in [4.78, 5) is 10.4. The summed E-state index contributed by atoms with van der Waals surface area (Å²) in [6.45, 7) is 0. The number of carboxylic acids is 1. The highest BCUT2D eigenvalue weighted by Gasteiger charge is 2.40. The maximum Gasteiger partial charge on any atom is 0.342 e. The number of carbonyl (C=O) groups is 1. The average molecular weight is 156 g/mol. The van der Waals surface area contributed by atoms with Gasteiger partial charge in [0.15, 0.2) is 0 Å². The van der Waals surface area contributed by atoms with Crippen molar-refractivity contribution in [2.24, 2.45) is 0 Å². The van der Waals surface area contributed by atoms with E-state index in [9.17, 15) is 9.90 Å². The lowest BCUT2D eigenvalue weighted by Gasteiger charge is -2.24. The van der Waals surface area contributed by atoms with Crippen molar-refractivity contribution in [3.63, 3.8) is 0 Å². The first-order valence-corrected chi connectivity index (χ1v) is 3.07.